The second kappa shape index (κ2) is 11.1. The molecular weight excluding hydrogens is 434 g/mol. The molecule has 10 heteroatoms. The lowest BCUT2D eigenvalue weighted by molar-refractivity contribution is -0.120. The van der Waals surface area contributed by atoms with Gasteiger partial charge in [-0.1, -0.05) is 44.7 Å². The maximum absolute atomic E-state index is 13.0. The zero-order valence-electron chi connectivity index (χ0n) is 19.1. The minimum absolute atomic E-state index is 0.0555. The third-order valence-corrected chi connectivity index (χ3v) is 8.24. The molecule has 1 heterocycles. The molecule has 1 aromatic heterocycles. The van der Waals surface area contributed by atoms with Gasteiger partial charge in [0.05, 0.1) is 10.1 Å². The summed E-state index contributed by atoms with van der Waals surface area (Å²) in [6.07, 6.45) is 0.839. The minimum atomic E-state index is -3.58. The van der Waals surface area contributed by atoms with Gasteiger partial charge in [0.15, 0.2) is 11.0 Å². The predicted octanol–water partition coefficient (Wildman–Crippen LogP) is 3.56. The molecule has 0 aliphatic heterocycles. The standard InChI is InChI=1S/C21H33N5O3S2/c1-7-15(5)26-19(23-24-21(26)30-16(6)20(27)22-8-2)17-12-11-13-18(14-17)31(28,29)25(9-3)10-4/h11-16H,7-10H2,1-6H3,(H,22,27). The van der Waals surface area contributed by atoms with Crippen LogP contribution < -0.4 is 5.32 Å². The van der Waals surface area contributed by atoms with Crippen LogP contribution in [-0.4, -0.2) is 58.3 Å². The zero-order chi connectivity index (χ0) is 23.2. The summed E-state index contributed by atoms with van der Waals surface area (Å²) in [5.41, 5.74) is 0.679. The van der Waals surface area contributed by atoms with Gasteiger partial charge in [-0.05, 0) is 39.3 Å². The van der Waals surface area contributed by atoms with Crippen LogP contribution in [0.5, 0.6) is 0 Å². The monoisotopic (exact) mass is 467 g/mol. The van der Waals surface area contributed by atoms with Crippen LogP contribution in [0.2, 0.25) is 0 Å². The highest BCUT2D eigenvalue weighted by atomic mass is 32.2. The number of amides is 1. The van der Waals surface area contributed by atoms with Crippen LogP contribution in [0.1, 0.15) is 54.0 Å². The van der Waals surface area contributed by atoms with Crippen molar-refractivity contribution in [1.29, 1.82) is 0 Å². The molecule has 2 rings (SSSR count). The molecule has 0 spiro atoms. The van der Waals surface area contributed by atoms with Gasteiger partial charge in [-0.25, -0.2) is 8.42 Å². The molecule has 2 atom stereocenters. The normalized spacial score (nSPS) is 13.9. The summed E-state index contributed by atoms with van der Waals surface area (Å²) in [5, 5.41) is 11.9. The number of hydrogen-bond donors (Lipinski definition) is 1. The van der Waals surface area contributed by atoms with Crippen LogP contribution in [0.4, 0.5) is 0 Å². The molecule has 0 bridgehead atoms. The van der Waals surface area contributed by atoms with Gasteiger partial charge < -0.3 is 5.32 Å². The fourth-order valence-electron chi connectivity index (χ4n) is 3.17. The van der Waals surface area contributed by atoms with Crippen LogP contribution in [0.3, 0.4) is 0 Å². The Hall–Kier alpha value is -1.91. The molecule has 172 valence electrons. The second-order valence-electron chi connectivity index (χ2n) is 7.21. The number of sulfonamides is 1. The number of aromatic nitrogens is 3. The highest BCUT2D eigenvalue weighted by molar-refractivity contribution is 8.00. The van der Waals surface area contributed by atoms with E-state index in [1.807, 2.05) is 38.3 Å². The van der Waals surface area contributed by atoms with Gasteiger partial charge in [-0.15, -0.1) is 10.2 Å². The summed E-state index contributed by atoms with van der Waals surface area (Å²) in [5.74, 6) is 0.539. The summed E-state index contributed by atoms with van der Waals surface area (Å²) < 4.78 is 29.4. The van der Waals surface area contributed by atoms with Crippen molar-refractivity contribution < 1.29 is 13.2 Å². The molecule has 0 radical (unpaired) electrons. The average molecular weight is 468 g/mol. The van der Waals surface area contributed by atoms with Gasteiger partial charge >= 0.3 is 0 Å². The first-order valence-corrected chi connectivity index (χ1v) is 13.0. The summed E-state index contributed by atoms with van der Waals surface area (Å²) in [7, 11) is -3.58. The lowest BCUT2D eigenvalue weighted by Crippen LogP contribution is -2.30. The Morgan fingerprint density at radius 2 is 1.84 bits per heavy atom. The fourth-order valence-corrected chi connectivity index (χ4v) is 5.65. The molecule has 2 aromatic rings. The van der Waals surface area contributed by atoms with Crippen molar-refractivity contribution in [1.82, 2.24) is 24.4 Å². The van der Waals surface area contributed by atoms with Crippen molar-refractivity contribution in [2.45, 2.75) is 69.3 Å². The molecule has 1 aromatic carbocycles. The average Bonchev–Trinajstić information content (AvgIpc) is 3.17. The van der Waals surface area contributed by atoms with E-state index in [4.69, 9.17) is 0 Å². The Morgan fingerprint density at radius 3 is 2.42 bits per heavy atom. The Kier molecular flexibility index (Phi) is 9.08. The molecule has 8 nitrogen and oxygen atoms in total. The molecule has 0 aliphatic carbocycles. The van der Waals surface area contributed by atoms with Gasteiger partial charge in [-0.2, -0.15) is 4.31 Å². The largest absolute Gasteiger partial charge is 0.355 e. The SMILES string of the molecule is CCNC(=O)C(C)Sc1nnc(-c2cccc(S(=O)(=O)N(CC)CC)c2)n1C(C)CC. The summed E-state index contributed by atoms with van der Waals surface area (Å²) in [6, 6.07) is 6.90. The highest BCUT2D eigenvalue weighted by Gasteiger charge is 2.25. The highest BCUT2D eigenvalue weighted by Crippen LogP contribution is 2.32. The quantitative estimate of drug-likeness (QED) is 0.508. The van der Waals surface area contributed by atoms with Gasteiger partial charge in [0.25, 0.3) is 0 Å². The predicted molar refractivity (Wildman–Crippen MR) is 125 cm³/mol. The lowest BCUT2D eigenvalue weighted by Gasteiger charge is -2.20. The number of nitrogens with one attached hydrogen (secondary N) is 1. The number of carbonyl (C=O) groups excluding carboxylic acids is 1. The van der Waals surface area contributed by atoms with E-state index in [1.165, 1.54) is 16.1 Å². The molecule has 0 fully saturated rings. The molecule has 31 heavy (non-hydrogen) atoms. The van der Waals surface area contributed by atoms with E-state index in [0.717, 1.165) is 6.42 Å². The van der Waals surface area contributed by atoms with Crippen molar-refractivity contribution in [3.05, 3.63) is 24.3 Å². The molecule has 0 saturated carbocycles. The van der Waals surface area contributed by atoms with Gasteiger partial charge in [0.1, 0.15) is 0 Å². The van der Waals surface area contributed by atoms with Crippen molar-refractivity contribution in [3.8, 4) is 11.4 Å². The molecule has 0 aliphatic rings. The fraction of sp³-hybridized carbons (Fsp3) is 0.571. The Bertz CT molecular complexity index is 987. The maximum atomic E-state index is 13.0. The first-order valence-electron chi connectivity index (χ1n) is 10.7. The van der Waals surface area contributed by atoms with Gasteiger partial charge in [-0.3, -0.25) is 9.36 Å². The number of benzene rings is 1. The third-order valence-electron chi connectivity index (χ3n) is 5.13. The number of nitrogens with zero attached hydrogens (tertiary/aromatic N) is 4. The van der Waals surface area contributed by atoms with Crippen LogP contribution in [0.25, 0.3) is 11.4 Å². The van der Waals surface area contributed by atoms with E-state index in [0.29, 0.717) is 36.2 Å². The van der Waals surface area contributed by atoms with Crippen LogP contribution in [-0.2, 0) is 14.8 Å². The lowest BCUT2D eigenvalue weighted by atomic mass is 10.2. The first kappa shape index (κ1) is 25.4. The third kappa shape index (κ3) is 5.67. The molecule has 2 unspecified atom stereocenters. The smallest absolute Gasteiger partial charge is 0.243 e. The number of rotatable bonds is 11. The van der Waals surface area contributed by atoms with E-state index in [2.05, 4.69) is 29.4 Å². The summed E-state index contributed by atoms with van der Waals surface area (Å²) in [4.78, 5) is 12.4. The van der Waals surface area contributed by atoms with E-state index in [1.54, 1.807) is 18.2 Å². The van der Waals surface area contributed by atoms with Crippen molar-refractivity contribution in [2.24, 2.45) is 0 Å². The first-order chi connectivity index (χ1) is 14.7. The van der Waals surface area contributed by atoms with Crippen LogP contribution in [0, 0.1) is 0 Å². The van der Waals surface area contributed by atoms with E-state index >= 15 is 0 Å². The van der Waals surface area contributed by atoms with E-state index < -0.39 is 10.0 Å². The Balaban J connectivity index is 2.50. The van der Waals surface area contributed by atoms with Crippen molar-refractivity contribution in [3.63, 3.8) is 0 Å². The van der Waals surface area contributed by atoms with Crippen LogP contribution >= 0.6 is 11.8 Å². The second-order valence-corrected chi connectivity index (χ2v) is 10.5. The summed E-state index contributed by atoms with van der Waals surface area (Å²) >= 11 is 1.35. The van der Waals surface area contributed by atoms with Crippen molar-refractivity contribution in [2.75, 3.05) is 19.6 Å². The van der Waals surface area contributed by atoms with E-state index in [-0.39, 0.29) is 22.1 Å². The summed E-state index contributed by atoms with van der Waals surface area (Å²) in [6.45, 7) is 12.9. The molecule has 1 N–H and O–H groups in total. The Labute approximate surface area is 189 Å². The molecule has 0 saturated heterocycles. The Morgan fingerprint density at radius 1 is 1.16 bits per heavy atom. The number of thioether (sulfide) groups is 1. The van der Waals surface area contributed by atoms with Crippen LogP contribution in [0.15, 0.2) is 34.3 Å². The topological polar surface area (TPSA) is 97.2 Å². The number of carbonyl (C=O) groups is 1. The molecule has 1 amide bonds. The van der Waals surface area contributed by atoms with E-state index in [9.17, 15) is 13.2 Å². The maximum Gasteiger partial charge on any atom is 0.243 e. The van der Waals surface area contributed by atoms with Crippen molar-refractivity contribution >= 4 is 27.7 Å². The number of hydrogen-bond acceptors (Lipinski definition) is 6. The zero-order valence-corrected chi connectivity index (χ0v) is 20.8. The molecular formula is C21H33N5O3S2. The van der Waals surface area contributed by atoms with Gasteiger partial charge in [0, 0.05) is 31.2 Å². The minimum Gasteiger partial charge on any atom is -0.355 e. The van der Waals surface area contributed by atoms with Gasteiger partial charge in [0.2, 0.25) is 15.9 Å².